The molecule has 0 spiro atoms. The average molecular weight is 590 g/mol. The Hall–Kier alpha value is -6.26. The summed E-state index contributed by atoms with van der Waals surface area (Å²) in [5, 5.41) is 6.95. The molecule has 2 N–H and O–H groups in total. The number of nitrogens with zero attached hydrogens (tertiary/aromatic N) is 2. The smallest absolute Gasteiger partial charge is 0.145 e. The SMILES string of the molecule is Nc1cccc(-n2c3ccccc3c3ccccc32)c1-c1ccc2c3c4oc5ccccc5c4ccc3n(-c3ccccc3)c2c1. The molecule has 3 heterocycles. The van der Waals surface area contributed by atoms with E-state index in [1.165, 1.54) is 10.8 Å². The van der Waals surface area contributed by atoms with Gasteiger partial charge in [-0.15, -0.1) is 0 Å². The molecule has 0 saturated carbocycles. The van der Waals surface area contributed by atoms with Crippen molar-refractivity contribution in [2.45, 2.75) is 0 Å². The number of furan rings is 1. The average Bonchev–Trinajstić information content (AvgIpc) is 3.76. The van der Waals surface area contributed by atoms with Crippen molar-refractivity contribution < 1.29 is 4.42 Å². The zero-order valence-corrected chi connectivity index (χ0v) is 24.8. The molecule has 0 aliphatic carbocycles. The first-order valence-corrected chi connectivity index (χ1v) is 15.6. The van der Waals surface area contributed by atoms with Gasteiger partial charge in [-0.2, -0.15) is 0 Å². The maximum absolute atomic E-state index is 6.90. The second-order valence-corrected chi connectivity index (χ2v) is 11.9. The van der Waals surface area contributed by atoms with Crippen LogP contribution in [-0.4, -0.2) is 9.13 Å². The molecular formula is C42H27N3O. The van der Waals surface area contributed by atoms with E-state index in [0.717, 1.165) is 83.0 Å². The van der Waals surface area contributed by atoms with Crippen molar-refractivity contribution in [2.75, 3.05) is 5.73 Å². The summed E-state index contributed by atoms with van der Waals surface area (Å²) in [7, 11) is 0. The molecule has 7 aromatic carbocycles. The lowest BCUT2D eigenvalue weighted by atomic mass is 9.99. The minimum absolute atomic E-state index is 0.737. The third kappa shape index (κ3) is 3.38. The lowest BCUT2D eigenvalue weighted by Crippen LogP contribution is -2.01. The van der Waals surface area contributed by atoms with E-state index in [1.54, 1.807) is 0 Å². The van der Waals surface area contributed by atoms with Crippen LogP contribution < -0.4 is 5.73 Å². The molecule has 46 heavy (non-hydrogen) atoms. The Morgan fingerprint density at radius 1 is 0.457 bits per heavy atom. The van der Waals surface area contributed by atoms with E-state index < -0.39 is 0 Å². The number of anilines is 1. The largest absolute Gasteiger partial charge is 0.455 e. The number of nitrogen functional groups attached to an aromatic ring is 1. The highest BCUT2D eigenvalue weighted by atomic mass is 16.3. The first kappa shape index (κ1) is 25.1. The van der Waals surface area contributed by atoms with Crippen molar-refractivity contribution in [3.05, 3.63) is 152 Å². The van der Waals surface area contributed by atoms with Crippen molar-refractivity contribution in [3.8, 4) is 22.5 Å². The predicted octanol–water partition coefficient (Wildman–Crippen LogP) is 11.0. The molecule has 0 fully saturated rings. The van der Waals surface area contributed by atoms with Crippen molar-refractivity contribution in [3.63, 3.8) is 0 Å². The first-order valence-electron chi connectivity index (χ1n) is 15.6. The van der Waals surface area contributed by atoms with Gasteiger partial charge in [-0.25, -0.2) is 0 Å². The van der Waals surface area contributed by atoms with Gasteiger partial charge in [0.15, 0.2) is 0 Å². The number of fused-ring (bicyclic) bond motifs is 10. The minimum atomic E-state index is 0.737. The maximum Gasteiger partial charge on any atom is 0.145 e. The zero-order valence-electron chi connectivity index (χ0n) is 24.8. The van der Waals surface area contributed by atoms with Crippen molar-refractivity contribution >= 4 is 71.2 Å². The van der Waals surface area contributed by atoms with E-state index >= 15 is 0 Å². The van der Waals surface area contributed by atoms with Crippen LogP contribution in [0.5, 0.6) is 0 Å². The van der Waals surface area contributed by atoms with Crippen LogP contribution in [0.3, 0.4) is 0 Å². The summed E-state index contributed by atoms with van der Waals surface area (Å²) >= 11 is 0. The lowest BCUT2D eigenvalue weighted by molar-refractivity contribution is 0.673. The summed E-state index contributed by atoms with van der Waals surface area (Å²) in [5.74, 6) is 0. The van der Waals surface area contributed by atoms with E-state index in [4.69, 9.17) is 10.2 Å². The van der Waals surface area contributed by atoms with Gasteiger partial charge in [-0.05, 0) is 66.2 Å². The minimum Gasteiger partial charge on any atom is -0.455 e. The molecule has 0 saturated heterocycles. The highest BCUT2D eigenvalue weighted by Gasteiger charge is 2.21. The molecule has 4 heteroatoms. The third-order valence-corrected chi connectivity index (χ3v) is 9.47. The number of nitrogens with two attached hydrogens (primary N) is 1. The van der Waals surface area contributed by atoms with E-state index in [2.05, 4.69) is 143 Å². The number of aromatic nitrogens is 2. The third-order valence-electron chi connectivity index (χ3n) is 9.47. The topological polar surface area (TPSA) is 49.0 Å². The highest BCUT2D eigenvalue weighted by Crippen LogP contribution is 2.44. The Morgan fingerprint density at radius 2 is 1.13 bits per heavy atom. The van der Waals surface area contributed by atoms with Gasteiger partial charge >= 0.3 is 0 Å². The fourth-order valence-electron chi connectivity index (χ4n) is 7.53. The summed E-state index contributed by atoms with van der Waals surface area (Å²) < 4.78 is 11.3. The van der Waals surface area contributed by atoms with Crippen molar-refractivity contribution in [1.82, 2.24) is 9.13 Å². The summed E-state index contributed by atoms with van der Waals surface area (Å²) in [4.78, 5) is 0. The van der Waals surface area contributed by atoms with Gasteiger partial charge in [0.2, 0.25) is 0 Å². The number of rotatable bonds is 3. The fourth-order valence-corrected chi connectivity index (χ4v) is 7.53. The summed E-state index contributed by atoms with van der Waals surface area (Å²) in [6.45, 7) is 0. The molecule has 4 nitrogen and oxygen atoms in total. The van der Waals surface area contributed by atoms with Gasteiger partial charge in [-0.1, -0.05) is 91.0 Å². The van der Waals surface area contributed by atoms with E-state index in [9.17, 15) is 0 Å². The number of hydrogen-bond donors (Lipinski definition) is 1. The van der Waals surface area contributed by atoms with Crippen molar-refractivity contribution in [2.24, 2.45) is 0 Å². The predicted molar refractivity (Wildman–Crippen MR) is 192 cm³/mol. The van der Waals surface area contributed by atoms with Gasteiger partial charge in [0.25, 0.3) is 0 Å². The number of para-hydroxylation sites is 4. The fraction of sp³-hybridized carbons (Fsp3) is 0. The monoisotopic (exact) mass is 589 g/mol. The van der Waals surface area contributed by atoms with E-state index in [-0.39, 0.29) is 0 Å². The maximum atomic E-state index is 6.90. The second kappa shape index (κ2) is 9.37. The van der Waals surface area contributed by atoms with Crippen LogP contribution in [0.2, 0.25) is 0 Å². The Bertz CT molecular complexity index is 2760. The molecule has 0 aliphatic rings. The van der Waals surface area contributed by atoms with Gasteiger partial charge < -0.3 is 19.3 Å². The molecule has 0 atom stereocenters. The molecule has 0 bridgehead atoms. The van der Waals surface area contributed by atoms with Crippen LogP contribution in [0.25, 0.3) is 88.1 Å². The van der Waals surface area contributed by atoms with Crippen LogP contribution in [0.15, 0.2) is 156 Å². The first-order chi connectivity index (χ1) is 22.8. The van der Waals surface area contributed by atoms with Crippen LogP contribution >= 0.6 is 0 Å². The molecule has 10 aromatic rings. The number of hydrogen-bond acceptors (Lipinski definition) is 2. The van der Waals surface area contributed by atoms with Gasteiger partial charge in [-0.3, -0.25) is 0 Å². The molecule has 216 valence electrons. The van der Waals surface area contributed by atoms with Crippen LogP contribution in [0.1, 0.15) is 0 Å². The quantitative estimate of drug-likeness (QED) is 0.208. The molecule has 0 radical (unpaired) electrons. The van der Waals surface area contributed by atoms with E-state index in [1.807, 2.05) is 18.2 Å². The zero-order chi connectivity index (χ0) is 30.4. The van der Waals surface area contributed by atoms with Crippen LogP contribution in [0.4, 0.5) is 5.69 Å². The molecule has 10 rings (SSSR count). The highest BCUT2D eigenvalue weighted by molar-refractivity contribution is 6.24. The number of benzene rings is 7. The summed E-state index contributed by atoms with van der Waals surface area (Å²) in [6, 6.07) is 53.4. The lowest BCUT2D eigenvalue weighted by Gasteiger charge is -2.17. The normalized spacial score (nSPS) is 12.0. The van der Waals surface area contributed by atoms with Crippen LogP contribution in [-0.2, 0) is 0 Å². The Morgan fingerprint density at radius 3 is 1.91 bits per heavy atom. The molecule has 0 aliphatic heterocycles. The van der Waals surface area contributed by atoms with Gasteiger partial charge in [0.05, 0.1) is 33.1 Å². The van der Waals surface area contributed by atoms with Crippen LogP contribution in [0, 0.1) is 0 Å². The molecule has 0 amide bonds. The van der Waals surface area contributed by atoms with E-state index in [0.29, 0.717) is 0 Å². The standard InChI is InChI=1S/C42H27N3O/c43-33-16-10-19-36(45-34-17-7-4-13-28(34)29-14-5-8-18-35(29)45)40(33)26-21-22-32-38(25-26)44(27-11-2-1-3-12-27)37-24-23-31-30-15-6-9-20-39(30)46-42(31)41(32)37/h1-25H,43H2. The molecule has 3 aromatic heterocycles. The molecular weight excluding hydrogens is 562 g/mol. The Labute approximate surface area is 264 Å². The molecule has 0 unspecified atom stereocenters. The Kier molecular flexibility index (Phi) is 5.11. The Balaban J connectivity index is 1.31. The summed E-state index contributed by atoms with van der Waals surface area (Å²) in [6.07, 6.45) is 0. The van der Waals surface area contributed by atoms with Gasteiger partial charge in [0.1, 0.15) is 11.2 Å². The van der Waals surface area contributed by atoms with Crippen molar-refractivity contribution in [1.29, 1.82) is 0 Å². The second-order valence-electron chi connectivity index (χ2n) is 11.9. The van der Waals surface area contributed by atoms with Gasteiger partial charge in [0, 0.05) is 43.9 Å². The summed E-state index contributed by atoms with van der Waals surface area (Å²) in [5.41, 5.74) is 18.2.